The smallest absolute Gasteiger partial charge is 0.261 e. The van der Waals surface area contributed by atoms with Crippen molar-refractivity contribution >= 4 is 28.4 Å². The normalized spacial score (nSPS) is 28.0. The molecule has 2 aliphatic carbocycles. The minimum atomic E-state index is -0.938. The molecule has 28 heavy (non-hydrogen) atoms. The van der Waals surface area contributed by atoms with Gasteiger partial charge in [-0.1, -0.05) is 0 Å². The molecule has 3 N–H and O–H groups in total. The predicted octanol–water partition coefficient (Wildman–Crippen LogP) is 3.90. The number of anilines is 1. The van der Waals surface area contributed by atoms with E-state index < -0.39 is 17.5 Å². The Balaban J connectivity index is 1.53. The van der Waals surface area contributed by atoms with E-state index in [-0.39, 0.29) is 23.0 Å². The first-order valence-corrected chi connectivity index (χ1v) is 11.0. The first kappa shape index (κ1) is 19.6. The quantitative estimate of drug-likeness (QED) is 0.698. The lowest BCUT2D eigenvalue weighted by molar-refractivity contribution is 0.132. The lowest BCUT2D eigenvalue weighted by Crippen LogP contribution is -2.25. The summed E-state index contributed by atoms with van der Waals surface area (Å²) in [6, 6.07) is 2.55. The number of rotatable bonds is 5. The van der Waals surface area contributed by atoms with Crippen LogP contribution in [0.3, 0.4) is 0 Å². The van der Waals surface area contributed by atoms with Gasteiger partial charge in [0.15, 0.2) is 0 Å². The van der Waals surface area contributed by atoms with Gasteiger partial charge in [-0.3, -0.25) is 4.79 Å². The van der Waals surface area contributed by atoms with Gasteiger partial charge < -0.3 is 15.4 Å². The number of aliphatic hydroxyl groups is 1. The van der Waals surface area contributed by atoms with Gasteiger partial charge in [0.2, 0.25) is 0 Å². The van der Waals surface area contributed by atoms with Gasteiger partial charge in [-0.25, -0.2) is 13.8 Å². The number of aromatic nitrogens is 2. The topological polar surface area (TPSA) is 78.0 Å². The predicted molar refractivity (Wildman–Crippen MR) is 108 cm³/mol. The molecule has 0 saturated heterocycles. The van der Waals surface area contributed by atoms with Crippen molar-refractivity contribution in [3.63, 3.8) is 0 Å². The highest BCUT2D eigenvalue weighted by atomic mass is 32.2. The molecule has 0 spiro atoms. The fourth-order valence-electron chi connectivity index (χ4n) is 4.12. The Morgan fingerprint density at radius 2 is 2.00 bits per heavy atom. The van der Waals surface area contributed by atoms with Crippen LogP contribution >= 0.6 is 11.8 Å². The molecule has 0 radical (unpaired) electrons. The van der Waals surface area contributed by atoms with Crippen LogP contribution in [0.2, 0.25) is 0 Å². The van der Waals surface area contributed by atoms with Crippen LogP contribution < -0.4 is 10.9 Å². The molecule has 2 atom stereocenters. The number of nitrogens with zero attached hydrogens (tertiary/aromatic N) is 1. The van der Waals surface area contributed by atoms with Crippen molar-refractivity contribution < 1.29 is 13.9 Å². The standard InChI is InChI=1S/C20H25F2N3O2S/c21-14-2-1-3-16(14)23-11-8-15(22)19-17(9-11)24-18(25-20(19)27)10-28-13-6-4-12(26)5-7-13/h8-9,12-14,16,23,26H,1-7,10H2,(H,24,25,27)/t12-,13-,14-,16+/m0/s1. The number of thioether (sulfide) groups is 1. The molecule has 4 rings (SSSR count). The average molecular weight is 410 g/mol. The molecule has 8 heteroatoms. The monoisotopic (exact) mass is 409 g/mol. The van der Waals surface area contributed by atoms with Crippen LogP contribution in [0, 0.1) is 5.82 Å². The lowest BCUT2D eigenvalue weighted by atomic mass is 9.97. The van der Waals surface area contributed by atoms with E-state index in [1.54, 1.807) is 17.8 Å². The summed E-state index contributed by atoms with van der Waals surface area (Å²) in [7, 11) is 0. The van der Waals surface area contributed by atoms with E-state index in [0.717, 1.165) is 32.1 Å². The Bertz CT molecular complexity index is 899. The molecule has 2 aliphatic rings. The van der Waals surface area contributed by atoms with Crippen molar-refractivity contribution in [3.05, 3.63) is 34.1 Å². The Hall–Kier alpha value is -1.67. The molecule has 152 valence electrons. The van der Waals surface area contributed by atoms with Gasteiger partial charge in [0.25, 0.3) is 5.56 Å². The molecule has 1 aromatic heterocycles. The molecule has 1 aromatic carbocycles. The maximum atomic E-state index is 14.5. The van der Waals surface area contributed by atoms with Crippen molar-refractivity contribution in [1.29, 1.82) is 0 Å². The lowest BCUT2D eigenvalue weighted by Gasteiger charge is -2.24. The van der Waals surface area contributed by atoms with Crippen LogP contribution in [0.5, 0.6) is 0 Å². The molecular formula is C20H25F2N3O2S. The largest absolute Gasteiger partial charge is 0.393 e. The summed E-state index contributed by atoms with van der Waals surface area (Å²) in [6.07, 6.45) is 4.39. The number of halogens is 2. The highest BCUT2D eigenvalue weighted by Crippen LogP contribution is 2.31. The number of hydrogen-bond acceptors (Lipinski definition) is 5. The van der Waals surface area contributed by atoms with Crippen LogP contribution in [0.1, 0.15) is 50.8 Å². The number of nitrogens with one attached hydrogen (secondary N) is 2. The van der Waals surface area contributed by atoms with Crippen LogP contribution in [-0.4, -0.2) is 38.6 Å². The zero-order valence-electron chi connectivity index (χ0n) is 15.6. The first-order chi connectivity index (χ1) is 13.5. The number of alkyl halides is 1. The molecule has 1 heterocycles. The fraction of sp³-hybridized carbons (Fsp3) is 0.600. The summed E-state index contributed by atoms with van der Waals surface area (Å²) in [5, 5.41) is 13.0. The Morgan fingerprint density at radius 3 is 2.71 bits per heavy atom. The second kappa shape index (κ2) is 8.37. The Morgan fingerprint density at radius 1 is 1.21 bits per heavy atom. The van der Waals surface area contributed by atoms with Crippen molar-refractivity contribution in [2.75, 3.05) is 5.32 Å². The van der Waals surface area contributed by atoms with Crippen LogP contribution in [0.4, 0.5) is 14.5 Å². The minimum absolute atomic E-state index is 0.0664. The van der Waals surface area contributed by atoms with Gasteiger partial charge >= 0.3 is 0 Å². The van der Waals surface area contributed by atoms with Gasteiger partial charge in [0.1, 0.15) is 23.2 Å². The number of hydrogen-bond donors (Lipinski definition) is 3. The Kier molecular flexibility index (Phi) is 5.87. The molecule has 0 aliphatic heterocycles. The third kappa shape index (κ3) is 4.33. The van der Waals surface area contributed by atoms with E-state index >= 15 is 0 Å². The minimum Gasteiger partial charge on any atom is -0.393 e. The van der Waals surface area contributed by atoms with Crippen molar-refractivity contribution in [2.45, 2.75) is 74.3 Å². The highest BCUT2D eigenvalue weighted by molar-refractivity contribution is 7.99. The van der Waals surface area contributed by atoms with Crippen LogP contribution in [0.25, 0.3) is 10.9 Å². The van der Waals surface area contributed by atoms with Crippen molar-refractivity contribution in [1.82, 2.24) is 9.97 Å². The number of benzene rings is 1. The molecular weight excluding hydrogens is 384 g/mol. The van der Waals surface area contributed by atoms with Gasteiger partial charge in [0.05, 0.1) is 23.4 Å². The average Bonchev–Trinajstić information content (AvgIpc) is 3.05. The van der Waals surface area contributed by atoms with E-state index in [0.29, 0.717) is 35.4 Å². The van der Waals surface area contributed by atoms with Gasteiger partial charge in [0, 0.05) is 10.9 Å². The van der Waals surface area contributed by atoms with E-state index in [2.05, 4.69) is 15.3 Å². The third-order valence-electron chi connectivity index (χ3n) is 5.69. The molecule has 2 fully saturated rings. The summed E-state index contributed by atoms with van der Waals surface area (Å²) >= 11 is 1.70. The number of aliphatic hydroxyl groups excluding tert-OH is 1. The second-order valence-electron chi connectivity index (χ2n) is 7.80. The van der Waals surface area contributed by atoms with E-state index in [9.17, 15) is 18.7 Å². The van der Waals surface area contributed by atoms with E-state index in [4.69, 9.17) is 0 Å². The van der Waals surface area contributed by atoms with Crippen LogP contribution in [-0.2, 0) is 5.75 Å². The molecule has 0 unspecified atom stereocenters. The molecule has 0 amide bonds. The number of aromatic amines is 1. The van der Waals surface area contributed by atoms with E-state index in [1.807, 2.05) is 0 Å². The zero-order chi connectivity index (χ0) is 19.7. The number of fused-ring (bicyclic) bond motifs is 1. The summed E-state index contributed by atoms with van der Waals surface area (Å²) in [5.41, 5.74) is 0.250. The molecule has 0 bridgehead atoms. The molecule has 2 aromatic rings. The fourth-order valence-corrected chi connectivity index (χ4v) is 5.26. The zero-order valence-corrected chi connectivity index (χ0v) is 16.4. The number of H-pyrrole nitrogens is 1. The van der Waals surface area contributed by atoms with Gasteiger partial charge in [-0.15, -0.1) is 0 Å². The SMILES string of the molecule is O=c1[nH]c(CS[C@H]2CC[C@H](O)CC2)nc2cc(N[C@@H]3CCC[C@@H]3F)cc(F)c12. The highest BCUT2D eigenvalue weighted by Gasteiger charge is 2.27. The summed E-state index contributed by atoms with van der Waals surface area (Å²) in [6.45, 7) is 0. The molecule has 2 saturated carbocycles. The van der Waals surface area contributed by atoms with Crippen molar-refractivity contribution in [2.24, 2.45) is 0 Å². The summed E-state index contributed by atoms with van der Waals surface area (Å²) in [5.74, 6) is 0.387. The summed E-state index contributed by atoms with van der Waals surface area (Å²) < 4.78 is 28.4. The van der Waals surface area contributed by atoms with Gasteiger partial charge in [-0.2, -0.15) is 11.8 Å². The van der Waals surface area contributed by atoms with Crippen LogP contribution in [0.15, 0.2) is 16.9 Å². The molecule has 5 nitrogen and oxygen atoms in total. The van der Waals surface area contributed by atoms with Crippen molar-refractivity contribution in [3.8, 4) is 0 Å². The summed E-state index contributed by atoms with van der Waals surface area (Å²) in [4.78, 5) is 19.5. The van der Waals surface area contributed by atoms with E-state index in [1.165, 1.54) is 6.07 Å². The van der Waals surface area contributed by atoms with Gasteiger partial charge in [-0.05, 0) is 57.1 Å². The maximum absolute atomic E-state index is 14.5. The maximum Gasteiger partial charge on any atom is 0.261 e. The third-order valence-corrected chi connectivity index (χ3v) is 7.08. The Labute approximate surface area is 166 Å². The second-order valence-corrected chi connectivity index (χ2v) is 9.09. The first-order valence-electron chi connectivity index (χ1n) is 9.92.